The van der Waals surface area contributed by atoms with E-state index in [1.807, 2.05) is 31.2 Å². The molecule has 31 heavy (non-hydrogen) atoms. The van der Waals surface area contributed by atoms with Crippen molar-refractivity contribution in [2.75, 3.05) is 19.6 Å². The Morgan fingerprint density at radius 3 is 2.52 bits per heavy atom. The maximum absolute atomic E-state index is 13.0. The first kappa shape index (κ1) is 21.8. The highest BCUT2D eigenvalue weighted by molar-refractivity contribution is 6.09. The average Bonchev–Trinajstić information content (AvgIpc) is 3.32. The van der Waals surface area contributed by atoms with Crippen LogP contribution in [0.2, 0.25) is 0 Å². The Morgan fingerprint density at radius 1 is 1.10 bits per heavy atom. The van der Waals surface area contributed by atoms with Crippen molar-refractivity contribution < 1.29 is 14.4 Å². The Morgan fingerprint density at radius 2 is 1.81 bits per heavy atom. The molecule has 7 nitrogen and oxygen atoms in total. The standard InChI is InChI=1S/C24H34N4O3/c1-17-10-12-18(13-11-17)24(2)22(30)28(23(31)26-24)16-21(29)25-15-20-9-6-14-27(20)19-7-4-3-5-8-19/h10-13,19-20H,3-9,14-16H2,1-2H3,(H,25,29)(H,26,31)/t20-,24-/m1/s1. The third kappa shape index (κ3) is 4.47. The molecule has 4 amide bonds. The van der Waals surface area contributed by atoms with Crippen LogP contribution in [0.15, 0.2) is 24.3 Å². The number of hydrogen-bond acceptors (Lipinski definition) is 4. The molecule has 7 heteroatoms. The third-order valence-electron chi connectivity index (χ3n) is 7.21. The summed E-state index contributed by atoms with van der Waals surface area (Å²) in [4.78, 5) is 41.8. The molecule has 2 N–H and O–H groups in total. The van der Waals surface area contributed by atoms with E-state index in [0.29, 0.717) is 24.2 Å². The smallest absolute Gasteiger partial charge is 0.325 e. The second-order valence-electron chi connectivity index (χ2n) is 9.44. The van der Waals surface area contributed by atoms with E-state index in [2.05, 4.69) is 15.5 Å². The molecule has 1 aromatic carbocycles. The molecule has 1 saturated carbocycles. The van der Waals surface area contributed by atoms with E-state index in [0.717, 1.165) is 23.4 Å². The SMILES string of the molecule is Cc1ccc([C@@]2(C)NC(=O)N(CC(=O)NC[C@H]3CCCN3C3CCCCC3)C2=O)cc1. The third-order valence-corrected chi connectivity index (χ3v) is 7.21. The van der Waals surface area contributed by atoms with Gasteiger partial charge < -0.3 is 10.6 Å². The lowest BCUT2D eigenvalue weighted by Crippen LogP contribution is -2.48. The fourth-order valence-electron chi connectivity index (χ4n) is 5.32. The van der Waals surface area contributed by atoms with E-state index < -0.39 is 11.6 Å². The number of benzene rings is 1. The summed E-state index contributed by atoms with van der Waals surface area (Å²) < 4.78 is 0. The topological polar surface area (TPSA) is 81.8 Å². The van der Waals surface area contributed by atoms with Crippen molar-refractivity contribution in [3.05, 3.63) is 35.4 Å². The monoisotopic (exact) mass is 426 g/mol. The van der Waals surface area contributed by atoms with E-state index in [1.165, 1.54) is 38.5 Å². The van der Waals surface area contributed by atoms with E-state index >= 15 is 0 Å². The highest BCUT2D eigenvalue weighted by Crippen LogP contribution is 2.30. The number of imide groups is 1. The quantitative estimate of drug-likeness (QED) is 0.686. The lowest BCUT2D eigenvalue weighted by atomic mass is 9.91. The molecule has 0 aromatic heterocycles. The number of likely N-dealkylation sites (tertiary alicyclic amines) is 1. The molecule has 1 aliphatic carbocycles. The van der Waals surface area contributed by atoms with Gasteiger partial charge in [-0.1, -0.05) is 49.1 Å². The zero-order chi connectivity index (χ0) is 22.0. The molecular weight excluding hydrogens is 392 g/mol. The van der Waals surface area contributed by atoms with E-state index in [-0.39, 0.29) is 18.4 Å². The van der Waals surface area contributed by atoms with Crippen LogP contribution in [0.5, 0.6) is 0 Å². The van der Waals surface area contributed by atoms with Gasteiger partial charge in [-0.25, -0.2) is 4.79 Å². The van der Waals surface area contributed by atoms with Crippen molar-refractivity contribution >= 4 is 17.8 Å². The molecule has 2 saturated heterocycles. The predicted octanol–water partition coefficient (Wildman–Crippen LogP) is 2.68. The van der Waals surface area contributed by atoms with Gasteiger partial charge in [0.2, 0.25) is 5.91 Å². The minimum atomic E-state index is -1.14. The van der Waals surface area contributed by atoms with Gasteiger partial charge in [-0.15, -0.1) is 0 Å². The maximum Gasteiger partial charge on any atom is 0.325 e. The van der Waals surface area contributed by atoms with Crippen LogP contribution in [0, 0.1) is 6.92 Å². The lowest BCUT2D eigenvalue weighted by Gasteiger charge is -2.35. The Bertz CT molecular complexity index is 834. The molecule has 0 spiro atoms. The van der Waals surface area contributed by atoms with Crippen LogP contribution >= 0.6 is 0 Å². The maximum atomic E-state index is 13.0. The van der Waals surface area contributed by atoms with Crippen molar-refractivity contribution in [2.45, 2.75) is 76.4 Å². The number of nitrogens with zero attached hydrogens (tertiary/aromatic N) is 2. The first-order valence-electron chi connectivity index (χ1n) is 11.6. The van der Waals surface area contributed by atoms with Crippen LogP contribution in [0.25, 0.3) is 0 Å². The van der Waals surface area contributed by atoms with E-state index in [9.17, 15) is 14.4 Å². The molecular formula is C24H34N4O3. The molecule has 4 rings (SSSR count). The van der Waals surface area contributed by atoms with E-state index in [1.54, 1.807) is 6.92 Å². The van der Waals surface area contributed by atoms with Crippen LogP contribution in [-0.2, 0) is 15.1 Å². The minimum absolute atomic E-state index is 0.248. The number of hydrogen-bond donors (Lipinski definition) is 2. The van der Waals surface area contributed by atoms with Crippen molar-refractivity contribution in [3.8, 4) is 0 Å². The zero-order valence-electron chi connectivity index (χ0n) is 18.7. The van der Waals surface area contributed by atoms with Gasteiger partial charge >= 0.3 is 6.03 Å². The largest absolute Gasteiger partial charge is 0.353 e. The molecule has 2 aliphatic heterocycles. The molecule has 2 heterocycles. The molecule has 0 bridgehead atoms. The Labute approximate surface area is 184 Å². The molecule has 1 aromatic rings. The number of urea groups is 1. The molecule has 3 aliphatic rings. The van der Waals surface area contributed by atoms with Gasteiger partial charge in [0.05, 0.1) is 0 Å². The van der Waals surface area contributed by atoms with Crippen LogP contribution in [0.1, 0.15) is 63.0 Å². The van der Waals surface area contributed by atoms with Gasteiger partial charge in [-0.2, -0.15) is 0 Å². The first-order valence-corrected chi connectivity index (χ1v) is 11.6. The van der Waals surface area contributed by atoms with Crippen LogP contribution in [0.3, 0.4) is 0 Å². The number of amides is 4. The van der Waals surface area contributed by atoms with E-state index in [4.69, 9.17) is 0 Å². The fraction of sp³-hybridized carbons (Fsp3) is 0.625. The molecule has 2 atom stereocenters. The van der Waals surface area contributed by atoms with Crippen LogP contribution in [0.4, 0.5) is 4.79 Å². The summed E-state index contributed by atoms with van der Waals surface area (Å²) in [6.07, 6.45) is 8.69. The number of carbonyl (C=O) groups excluding carboxylic acids is 3. The molecule has 3 fully saturated rings. The van der Waals surface area contributed by atoms with Crippen LogP contribution in [-0.4, -0.2) is 59.4 Å². The molecule has 0 unspecified atom stereocenters. The fourth-order valence-corrected chi connectivity index (χ4v) is 5.32. The van der Waals surface area contributed by atoms with Gasteiger partial charge in [0, 0.05) is 18.6 Å². The number of nitrogens with one attached hydrogen (secondary N) is 2. The van der Waals surface area contributed by atoms with Crippen molar-refractivity contribution in [2.24, 2.45) is 0 Å². The summed E-state index contributed by atoms with van der Waals surface area (Å²) in [6, 6.07) is 7.98. The Hall–Kier alpha value is -2.41. The first-order chi connectivity index (χ1) is 14.9. The van der Waals surface area contributed by atoms with Crippen molar-refractivity contribution in [3.63, 3.8) is 0 Å². The number of carbonyl (C=O) groups is 3. The zero-order valence-corrected chi connectivity index (χ0v) is 18.7. The lowest BCUT2D eigenvalue weighted by molar-refractivity contribution is -0.134. The second kappa shape index (κ2) is 8.99. The average molecular weight is 427 g/mol. The van der Waals surface area contributed by atoms with Gasteiger partial charge in [-0.3, -0.25) is 19.4 Å². The Kier molecular flexibility index (Phi) is 6.32. The predicted molar refractivity (Wildman–Crippen MR) is 118 cm³/mol. The summed E-state index contributed by atoms with van der Waals surface area (Å²) >= 11 is 0. The minimum Gasteiger partial charge on any atom is -0.353 e. The number of rotatable bonds is 6. The van der Waals surface area contributed by atoms with Gasteiger partial charge in [-0.05, 0) is 51.6 Å². The highest BCUT2D eigenvalue weighted by atomic mass is 16.2. The van der Waals surface area contributed by atoms with Crippen molar-refractivity contribution in [1.29, 1.82) is 0 Å². The summed E-state index contributed by atoms with van der Waals surface area (Å²) in [5.74, 6) is -0.673. The summed E-state index contributed by atoms with van der Waals surface area (Å²) in [5, 5.41) is 5.75. The van der Waals surface area contributed by atoms with Gasteiger partial charge in [0.25, 0.3) is 5.91 Å². The van der Waals surface area contributed by atoms with Gasteiger partial charge in [0.15, 0.2) is 0 Å². The highest BCUT2D eigenvalue weighted by Gasteiger charge is 2.49. The molecule has 0 radical (unpaired) electrons. The summed E-state index contributed by atoms with van der Waals surface area (Å²) in [5.41, 5.74) is 0.650. The summed E-state index contributed by atoms with van der Waals surface area (Å²) in [7, 11) is 0. The normalized spacial score (nSPS) is 27.5. The Balaban J connectivity index is 1.33. The molecule has 168 valence electrons. The number of aryl methyl sites for hydroxylation is 1. The van der Waals surface area contributed by atoms with Crippen LogP contribution < -0.4 is 10.6 Å². The second-order valence-corrected chi connectivity index (χ2v) is 9.44. The van der Waals surface area contributed by atoms with Gasteiger partial charge in [0.1, 0.15) is 12.1 Å². The van der Waals surface area contributed by atoms with Crippen molar-refractivity contribution in [1.82, 2.24) is 20.4 Å². The summed E-state index contributed by atoms with van der Waals surface area (Å²) in [6.45, 7) is 5.09.